The summed E-state index contributed by atoms with van der Waals surface area (Å²) in [5.41, 5.74) is 10.9. The van der Waals surface area contributed by atoms with E-state index in [0.717, 1.165) is 22.5 Å². The summed E-state index contributed by atoms with van der Waals surface area (Å²) in [6, 6.07) is 11.1. The maximum atomic E-state index is 13.6. The van der Waals surface area contributed by atoms with Crippen molar-refractivity contribution in [3.8, 4) is 11.8 Å². The highest BCUT2D eigenvalue weighted by atomic mass is 16.3. The average Bonchev–Trinajstić information content (AvgIpc) is 3.14. The molecule has 9 nitrogen and oxygen atoms in total. The number of rotatable bonds is 8. The van der Waals surface area contributed by atoms with Gasteiger partial charge in [0, 0.05) is 30.7 Å². The van der Waals surface area contributed by atoms with Gasteiger partial charge < -0.3 is 25.4 Å². The maximum absolute atomic E-state index is 13.6. The third kappa shape index (κ3) is 5.33. The Hall–Kier alpha value is -3.13. The Labute approximate surface area is 211 Å². The highest BCUT2D eigenvalue weighted by molar-refractivity contribution is 6.09. The molecule has 1 fully saturated rings. The van der Waals surface area contributed by atoms with Crippen LogP contribution < -0.4 is 5.73 Å². The Balaban J connectivity index is 1.78. The van der Waals surface area contributed by atoms with Gasteiger partial charge in [-0.05, 0) is 76.2 Å². The average molecular weight is 491 g/mol. The highest BCUT2D eigenvalue weighted by Gasteiger charge is 2.26. The number of hydrogen-bond acceptors (Lipinski definition) is 8. The molecule has 0 aliphatic carbocycles. The first-order valence-electron chi connectivity index (χ1n) is 12.2. The molecule has 2 unspecified atom stereocenters. The number of carbonyl (C=O) groups excluding carboxylic acids is 1. The van der Waals surface area contributed by atoms with Gasteiger partial charge in [-0.3, -0.25) is 14.7 Å². The summed E-state index contributed by atoms with van der Waals surface area (Å²) in [6.07, 6.45) is 2.27. The molecular formula is C27H34N6O3. The van der Waals surface area contributed by atoms with E-state index in [1.807, 2.05) is 48.7 Å². The minimum atomic E-state index is -1.01. The van der Waals surface area contributed by atoms with Gasteiger partial charge in [-0.2, -0.15) is 5.26 Å². The van der Waals surface area contributed by atoms with Crippen LogP contribution in [0.5, 0.6) is 0 Å². The standard InChI is InChI=1S/C27H34N6O3/c1-17-25(24(35)16-32-10-8-21(34)9-11-32)26-22(33(17)20-6-4-18(14-28)5-7-20)12-19(15-30-26)13-23(27(29)36)31(2)3/h4-7,12,15,21,23,27,34,36H,8-11,13,16,29H2,1-3H3. The lowest BCUT2D eigenvalue weighted by Gasteiger charge is -2.28. The lowest BCUT2D eigenvalue weighted by Crippen LogP contribution is -2.45. The van der Waals surface area contributed by atoms with E-state index < -0.39 is 6.23 Å². The lowest BCUT2D eigenvalue weighted by molar-refractivity contribution is 0.0711. The Kier molecular flexibility index (Phi) is 7.83. The maximum Gasteiger partial charge on any atom is 0.180 e. The van der Waals surface area contributed by atoms with E-state index in [1.54, 1.807) is 18.3 Å². The van der Waals surface area contributed by atoms with Crippen LogP contribution in [0.1, 0.15) is 40.0 Å². The molecule has 36 heavy (non-hydrogen) atoms. The fraction of sp³-hybridized carbons (Fsp3) is 0.444. The van der Waals surface area contributed by atoms with E-state index in [0.29, 0.717) is 49.0 Å². The van der Waals surface area contributed by atoms with Crippen LogP contribution in [0, 0.1) is 18.3 Å². The van der Waals surface area contributed by atoms with Crippen molar-refractivity contribution >= 4 is 16.8 Å². The van der Waals surface area contributed by atoms with Crippen LogP contribution in [0.3, 0.4) is 0 Å². The van der Waals surface area contributed by atoms with Crippen molar-refractivity contribution in [2.75, 3.05) is 33.7 Å². The van der Waals surface area contributed by atoms with Gasteiger partial charge in [-0.1, -0.05) is 0 Å². The summed E-state index contributed by atoms with van der Waals surface area (Å²) in [5, 5.41) is 29.1. The number of carbonyl (C=O) groups is 1. The largest absolute Gasteiger partial charge is 0.393 e. The molecule has 0 spiro atoms. The zero-order valence-electron chi connectivity index (χ0n) is 21.1. The summed E-state index contributed by atoms with van der Waals surface area (Å²) in [5.74, 6) is -0.00918. The molecule has 1 aromatic carbocycles. The number of benzene rings is 1. The predicted molar refractivity (Wildman–Crippen MR) is 138 cm³/mol. The van der Waals surface area contributed by atoms with Crippen LogP contribution in [0.4, 0.5) is 0 Å². The van der Waals surface area contributed by atoms with Crippen molar-refractivity contribution in [2.45, 2.75) is 44.6 Å². The number of aliphatic hydroxyl groups is 2. The number of pyridine rings is 1. The van der Waals surface area contributed by atoms with Gasteiger partial charge in [0.1, 0.15) is 6.23 Å². The molecule has 3 heterocycles. The first kappa shape index (κ1) is 25.9. The zero-order chi connectivity index (χ0) is 26.0. The van der Waals surface area contributed by atoms with Gasteiger partial charge in [-0.25, -0.2) is 0 Å². The second kappa shape index (κ2) is 10.9. The van der Waals surface area contributed by atoms with Gasteiger partial charge in [0.25, 0.3) is 0 Å². The summed E-state index contributed by atoms with van der Waals surface area (Å²) in [4.78, 5) is 22.2. The number of Topliss-reactive ketones (excluding diaryl/α,β-unsaturated/α-hetero) is 1. The number of nitrogens with two attached hydrogens (primary N) is 1. The Morgan fingerprint density at radius 3 is 2.53 bits per heavy atom. The first-order chi connectivity index (χ1) is 17.2. The van der Waals surface area contributed by atoms with Crippen molar-refractivity contribution < 1.29 is 15.0 Å². The minimum absolute atomic E-state index is 0.00918. The number of nitrogens with zero attached hydrogens (tertiary/aromatic N) is 5. The Morgan fingerprint density at radius 2 is 1.94 bits per heavy atom. The fourth-order valence-corrected chi connectivity index (χ4v) is 4.99. The summed E-state index contributed by atoms with van der Waals surface area (Å²) < 4.78 is 2.00. The second-order valence-corrected chi connectivity index (χ2v) is 9.82. The third-order valence-electron chi connectivity index (χ3n) is 7.06. The zero-order valence-corrected chi connectivity index (χ0v) is 21.1. The van der Waals surface area contributed by atoms with Crippen LogP contribution in [-0.2, 0) is 6.42 Å². The van der Waals surface area contributed by atoms with Gasteiger partial charge in [-0.15, -0.1) is 0 Å². The first-order valence-corrected chi connectivity index (χ1v) is 12.2. The smallest absolute Gasteiger partial charge is 0.180 e. The molecule has 0 radical (unpaired) electrons. The molecule has 0 saturated carbocycles. The number of ketones is 1. The number of fused-ring (bicyclic) bond motifs is 1. The summed E-state index contributed by atoms with van der Waals surface area (Å²) in [7, 11) is 3.74. The van der Waals surface area contributed by atoms with Gasteiger partial charge in [0.15, 0.2) is 5.78 Å². The van der Waals surface area contributed by atoms with Crippen molar-refractivity contribution in [3.05, 3.63) is 58.9 Å². The molecular weight excluding hydrogens is 456 g/mol. The normalized spacial score (nSPS) is 16.8. The molecule has 2 aromatic heterocycles. The van der Waals surface area contributed by atoms with Crippen molar-refractivity contribution in [1.82, 2.24) is 19.4 Å². The summed E-state index contributed by atoms with van der Waals surface area (Å²) >= 11 is 0. The molecule has 190 valence electrons. The number of likely N-dealkylation sites (tertiary alicyclic amines) is 1. The van der Waals surface area contributed by atoms with Gasteiger partial charge in [0.2, 0.25) is 0 Å². The number of aromatic nitrogens is 2. The van der Waals surface area contributed by atoms with Crippen LogP contribution in [0.15, 0.2) is 36.5 Å². The molecule has 0 amide bonds. The molecule has 2 atom stereocenters. The monoisotopic (exact) mass is 490 g/mol. The van der Waals surface area contributed by atoms with Crippen molar-refractivity contribution in [2.24, 2.45) is 5.73 Å². The van der Waals surface area contributed by atoms with E-state index in [2.05, 4.69) is 11.0 Å². The highest BCUT2D eigenvalue weighted by Crippen LogP contribution is 2.30. The molecule has 0 bridgehead atoms. The number of aliphatic hydroxyl groups excluding tert-OH is 2. The SMILES string of the molecule is Cc1c(C(=O)CN2CCC(O)CC2)c2ncc(CC(C(N)O)N(C)C)cc2n1-c1ccc(C#N)cc1. The number of piperidine rings is 1. The topological polar surface area (TPSA) is 132 Å². The molecule has 9 heteroatoms. The fourth-order valence-electron chi connectivity index (χ4n) is 4.99. The van der Waals surface area contributed by atoms with E-state index in [9.17, 15) is 20.3 Å². The number of nitriles is 1. The Bertz CT molecular complexity index is 1260. The quantitative estimate of drug-likeness (QED) is 0.320. The molecule has 1 saturated heterocycles. The van der Waals surface area contributed by atoms with E-state index in [-0.39, 0.29) is 24.5 Å². The van der Waals surface area contributed by atoms with E-state index >= 15 is 0 Å². The third-order valence-corrected chi connectivity index (χ3v) is 7.06. The molecule has 4 N–H and O–H groups in total. The van der Waals surface area contributed by atoms with Crippen LogP contribution >= 0.6 is 0 Å². The number of hydrogen-bond donors (Lipinski definition) is 3. The van der Waals surface area contributed by atoms with Crippen molar-refractivity contribution in [1.29, 1.82) is 5.26 Å². The molecule has 1 aliphatic heterocycles. The van der Waals surface area contributed by atoms with Gasteiger partial charge >= 0.3 is 0 Å². The molecule has 1 aliphatic rings. The Morgan fingerprint density at radius 1 is 1.28 bits per heavy atom. The molecule has 3 aromatic rings. The second-order valence-electron chi connectivity index (χ2n) is 9.82. The number of likely N-dealkylation sites (N-methyl/N-ethyl adjacent to an activating group) is 1. The van der Waals surface area contributed by atoms with Crippen LogP contribution in [-0.4, -0.2) is 87.5 Å². The van der Waals surface area contributed by atoms with E-state index in [1.165, 1.54) is 0 Å². The van der Waals surface area contributed by atoms with Crippen LogP contribution in [0.25, 0.3) is 16.7 Å². The van der Waals surface area contributed by atoms with E-state index in [4.69, 9.17) is 10.7 Å². The molecule has 4 rings (SSSR count). The predicted octanol–water partition coefficient (Wildman–Crippen LogP) is 1.59. The van der Waals surface area contributed by atoms with Gasteiger partial charge in [0.05, 0.1) is 46.9 Å². The van der Waals surface area contributed by atoms with Crippen LogP contribution in [0.2, 0.25) is 0 Å². The van der Waals surface area contributed by atoms with Crippen molar-refractivity contribution in [3.63, 3.8) is 0 Å². The lowest BCUT2D eigenvalue weighted by atomic mass is 10.0. The summed E-state index contributed by atoms with van der Waals surface area (Å²) in [6.45, 7) is 3.56. The minimum Gasteiger partial charge on any atom is -0.393 e.